The standard InChI is InChI=1S/C10H24O2Si/c1-6-7-8-9-10(11-2)12-13(3,4)5/h10H,6-9H2,1-5H3. The molecule has 3 heteroatoms. The Morgan fingerprint density at radius 1 is 1.15 bits per heavy atom. The van der Waals surface area contributed by atoms with E-state index >= 15 is 0 Å². The van der Waals surface area contributed by atoms with Crippen LogP contribution in [0.4, 0.5) is 0 Å². The third-order valence-electron chi connectivity index (χ3n) is 1.79. The smallest absolute Gasteiger partial charge is 0.187 e. The van der Waals surface area contributed by atoms with Crippen LogP contribution in [0, 0.1) is 0 Å². The van der Waals surface area contributed by atoms with E-state index in [9.17, 15) is 0 Å². The summed E-state index contributed by atoms with van der Waals surface area (Å²) in [7, 11) is 0.306. The molecule has 0 bridgehead atoms. The lowest BCUT2D eigenvalue weighted by molar-refractivity contribution is -0.0651. The summed E-state index contributed by atoms with van der Waals surface area (Å²) in [5.41, 5.74) is 0. The van der Waals surface area contributed by atoms with Crippen molar-refractivity contribution >= 4 is 8.32 Å². The summed E-state index contributed by atoms with van der Waals surface area (Å²) in [4.78, 5) is 0. The van der Waals surface area contributed by atoms with Gasteiger partial charge in [0.1, 0.15) is 6.29 Å². The number of hydrogen-bond acceptors (Lipinski definition) is 2. The lowest BCUT2D eigenvalue weighted by atomic mass is 10.2. The maximum absolute atomic E-state index is 5.85. The molecule has 2 nitrogen and oxygen atoms in total. The third kappa shape index (κ3) is 8.47. The zero-order valence-corrected chi connectivity index (χ0v) is 10.7. The van der Waals surface area contributed by atoms with Crippen LogP contribution in [0.5, 0.6) is 0 Å². The van der Waals surface area contributed by atoms with Gasteiger partial charge in [-0.25, -0.2) is 0 Å². The highest BCUT2D eigenvalue weighted by atomic mass is 28.4. The van der Waals surface area contributed by atoms with Crippen molar-refractivity contribution in [2.24, 2.45) is 0 Å². The molecule has 0 aromatic rings. The Kier molecular flexibility index (Phi) is 6.64. The molecular formula is C10H24O2Si. The quantitative estimate of drug-likeness (QED) is 0.359. The van der Waals surface area contributed by atoms with Crippen LogP contribution in [0.15, 0.2) is 0 Å². The van der Waals surface area contributed by atoms with E-state index in [0.29, 0.717) is 0 Å². The van der Waals surface area contributed by atoms with Crippen molar-refractivity contribution in [1.82, 2.24) is 0 Å². The third-order valence-corrected chi connectivity index (χ3v) is 2.76. The Morgan fingerprint density at radius 2 is 1.77 bits per heavy atom. The summed E-state index contributed by atoms with van der Waals surface area (Å²) < 4.78 is 11.1. The minimum atomic E-state index is -1.43. The Hall–Kier alpha value is 0.137. The first-order valence-electron chi connectivity index (χ1n) is 5.20. The minimum absolute atomic E-state index is 0.0261. The van der Waals surface area contributed by atoms with Gasteiger partial charge >= 0.3 is 0 Å². The van der Waals surface area contributed by atoms with E-state index < -0.39 is 8.32 Å². The molecule has 0 saturated carbocycles. The van der Waals surface area contributed by atoms with Crippen molar-refractivity contribution in [3.8, 4) is 0 Å². The second-order valence-corrected chi connectivity index (χ2v) is 8.85. The van der Waals surface area contributed by atoms with E-state index in [2.05, 4.69) is 26.6 Å². The summed E-state index contributed by atoms with van der Waals surface area (Å²) in [5.74, 6) is 0. The first-order valence-corrected chi connectivity index (χ1v) is 8.61. The molecule has 13 heavy (non-hydrogen) atoms. The highest BCUT2D eigenvalue weighted by Crippen LogP contribution is 2.13. The fourth-order valence-electron chi connectivity index (χ4n) is 1.18. The van der Waals surface area contributed by atoms with Gasteiger partial charge in [0.05, 0.1) is 0 Å². The van der Waals surface area contributed by atoms with Gasteiger partial charge < -0.3 is 9.16 Å². The van der Waals surface area contributed by atoms with Crippen molar-refractivity contribution in [3.63, 3.8) is 0 Å². The molecule has 0 heterocycles. The zero-order valence-electron chi connectivity index (χ0n) is 9.72. The fraction of sp³-hybridized carbons (Fsp3) is 1.00. The van der Waals surface area contributed by atoms with E-state index in [-0.39, 0.29) is 6.29 Å². The number of rotatable bonds is 7. The number of unbranched alkanes of at least 4 members (excludes halogenated alkanes) is 2. The van der Waals surface area contributed by atoms with E-state index in [1.54, 1.807) is 7.11 Å². The van der Waals surface area contributed by atoms with Crippen LogP contribution in [0.2, 0.25) is 19.6 Å². The van der Waals surface area contributed by atoms with Gasteiger partial charge in [0.15, 0.2) is 8.32 Å². The van der Waals surface area contributed by atoms with Gasteiger partial charge in [0.2, 0.25) is 0 Å². The molecule has 0 aliphatic carbocycles. The highest BCUT2D eigenvalue weighted by molar-refractivity contribution is 6.69. The predicted molar refractivity (Wildman–Crippen MR) is 59.4 cm³/mol. The molecule has 0 fully saturated rings. The van der Waals surface area contributed by atoms with Gasteiger partial charge in [-0.2, -0.15) is 0 Å². The molecule has 80 valence electrons. The summed E-state index contributed by atoms with van der Waals surface area (Å²) in [6, 6.07) is 0. The number of methoxy groups -OCH3 is 1. The van der Waals surface area contributed by atoms with Crippen molar-refractivity contribution in [2.75, 3.05) is 7.11 Å². The van der Waals surface area contributed by atoms with E-state index in [1.807, 2.05) is 0 Å². The monoisotopic (exact) mass is 204 g/mol. The van der Waals surface area contributed by atoms with Crippen molar-refractivity contribution < 1.29 is 9.16 Å². The highest BCUT2D eigenvalue weighted by Gasteiger charge is 2.20. The molecular weight excluding hydrogens is 180 g/mol. The molecule has 0 amide bonds. The summed E-state index contributed by atoms with van der Waals surface area (Å²) in [6.07, 6.45) is 4.80. The topological polar surface area (TPSA) is 18.5 Å². The number of hydrogen-bond donors (Lipinski definition) is 0. The Labute approximate surface area is 83.8 Å². The maximum Gasteiger partial charge on any atom is 0.187 e. The predicted octanol–water partition coefficient (Wildman–Crippen LogP) is 3.39. The van der Waals surface area contributed by atoms with Crippen molar-refractivity contribution in [3.05, 3.63) is 0 Å². The van der Waals surface area contributed by atoms with Crippen molar-refractivity contribution in [2.45, 2.75) is 58.5 Å². The van der Waals surface area contributed by atoms with Crippen LogP contribution in [0.25, 0.3) is 0 Å². The average molecular weight is 204 g/mol. The Morgan fingerprint density at radius 3 is 2.15 bits per heavy atom. The van der Waals surface area contributed by atoms with Crippen LogP contribution in [-0.2, 0) is 9.16 Å². The van der Waals surface area contributed by atoms with Gasteiger partial charge in [0, 0.05) is 7.11 Å². The molecule has 0 aliphatic heterocycles. The molecule has 0 radical (unpaired) electrons. The molecule has 0 aromatic carbocycles. The van der Waals surface area contributed by atoms with Crippen LogP contribution in [-0.4, -0.2) is 21.7 Å². The molecule has 1 atom stereocenters. The summed E-state index contributed by atoms with van der Waals surface area (Å²) >= 11 is 0. The van der Waals surface area contributed by atoms with Crippen LogP contribution in [0.3, 0.4) is 0 Å². The van der Waals surface area contributed by atoms with Gasteiger partial charge in [-0.3, -0.25) is 0 Å². The molecule has 0 spiro atoms. The van der Waals surface area contributed by atoms with Crippen molar-refractivity contribution in [1.29, 1.82) is 0 Å². The fourth-order valence-corrected chi connectivity index (χ4v) is 2.18. The summed E-state index contributed by atoms with van der Waals surface area (Å²) in [5, 5.41) is 0. The second-order valence-electron chi connectivity index (χ2n) is 4.39. The normalized spacial score (nSPS) is 14.5. The second kappa shape index (κ2) is 6.57. The molecule has 0 aromatic heterocycles. The van der Waals surface area contributed by atoms with Crippen LogP contribution in [0.1, 0.15) is 32.6 Å². The van der Waals surface area contributed by atoms with Gasteiger partial charge in [0.25, 0.3) is 0 Å². The number of ether oxygens (including phenoxy) is 1. The largest absolute Gasteiger partial charge is 0.393 e. The lowest BCUT2D eigenvalue weighted by Crippen LogP contribution is -2.32. The molecule has 0 saturated heterocycles. The van der Waals surface area contributed by atoms with Gasteiger partial charge in [-0.05, 0) is 32.5 Å². The molecule has 0 aliphatic rings. The summed E-state index contributed by atoms with van der Waals surface area (Å²) in [6.45, 7) is 8.79. The first-order chi connectivity index (χ1) is 5.99. The SMILES string of the molecule is CCCCCC(OC)O[Si](C)(C)C. The zero-order chi connectivity index (χ0) is 10.3. The first kappa shape index (κ1) is 13.1. The van der Waals surface area contributed by atoms with E-state index in [1.165, 1.54) is 19.3 Å². The Bertz CT molecular complexity index is 121. The molecule has 0 rings (SSSR count). The van der Waals surface area contributed by atoms with E-state index in [4.69, 9.17) is 9.16 Å². The molecule has 0 N–H and O–H groups in total. The maximum atomic E-state index is 5.85. The minimum Gasteiger partial charge on any atom is -0.393 e. The van der Waals surface area contributed by atoms with Gasteiger partial charge in [-0.1, -0.05) is 19.8 Å². The van der Waals surface area contributed by atoms with Crippen LogP contribution >= 0.6 is 0 Å². The average Bonchev–Trinajstić information content (AvgIpc) is 2.01. The van der Waals surface area contributed by atoms with Gasteiger partial charge in [-0.15, -0.1) is 0 Å². The Balaban J connectivity index is 3.63. The van der Waals surface area contributed by atoms with E-state index in [0.717, 1.165) is 6.42 Å². The lowest BCUT2D eigenvalue weighted by Gasteiger charge is -2.25. The molecule has 1 unspecified atom stereocenters. The van der Waals surface area contributed by atoms with Crippen LogP contribution < -0.4 is 0 Å².